The average molecular weight is 625 g/mol. The van der Waals surface area contributed by atoms with E-state index in [9.17, 15) is 0 Å². The molecule has 0 amide bonds. The molecule has 228 valence electrons. The van der Waals surface area contributed by atoms with E-state index in [-0.39, 0.29) is 0 Å². The molecule has 0 saturated heterocycles. The number of rotatable bonds is 4. The molecule has 0 saturated carbocycles. The lowest BCUT2D eigenvalue weighted by Gasteiger charge is -2.22. The van der Waals surface area contributed by atoms with Gasteiger partial charge in [0.05, 0.1) is 11.4 Å². The van der Waals surface area contributed by atoms with Gasteiger partial charge < -0.3 is 4.74 Å². The van der Waals surface area contributed by atoms with Crippen LogP contribution in [0.15, 0.2) is 170 Å². The van der Waals surface area contributed by atoms with Crippen molar-refractivity contribution in [3.63, 3.8) is 0 Å². The predicted molar refractivity (Wildman–Crippen MR) is 202 cm³/mol. The van der Waals surface area contributed by atoms with Crippen LogP contribution >= 0.6 is 0 Å². The van der Waals surface area contributed by atoms with E-state index in [0.29, 0.717) is 5.82 Å². The molecule has 1 aromatic heterocycles. The first-order valence-corrected chi connectivity index (χ1v) is 16.6. The van der Waals surface area contributed by atoms with Gasteiger partial charge in [-0.3, -0.25) is 0 Å². The molecule has 0 bridgehead atoms. The fourth-order valence-electron chi connectivity index (χ4n) is 7.39. The zero-order valence-corrected chi connectivity index (χ0v) is 26.5. The Hall–Kier alpha value is -6.58. The highest BCUT2D eigenvalue weighted by molar-refractivity contribution is 6.08. The summed E-state index contributed by atoms with van der Waals surface area (Å²) in [5.74, 6) is 2.50. The molecule has 0 spiro atoms. The molecule has 0 N–H and O–H groups in total. The summed E-state index contributed by atoms with van der Waals surface area (Å²) < 4.78 is 6.41. The van der Waals surface area contributed by atoms with Gasteiger partial charge in [-0.1, -0.05) is 146 Å². The second kappa shape index (κ2) is 11.0. The second-order valence-electron chi connectivity index (χ2n) is 12.5. The third-order valence-electron chi connectivity index (χ3n) is 9.69. The molecule has 1 aliphatic heterocycles. The number of fused-ring (bicyclic) bond motifs is 4. The number of hydrogen-bond acceptors (Lipinski definition) is 3. The lowest BCUT2D eigenvalue weighted by Crippen LogP contribution is -1.98. The van der Waals surface area contributed by atoms with Crippen LogP contribution in [0.1, 0.15) is 0 Å². The van der Waals surface area contributed by atoms with E-state index < -0.39 is 0 Å². The van der Waals surface area contributed by atoms with Crippen molar-refractivity contribution in [3.05, 3.63) is 170 Å². The van der Waals surface area contributed by atoms with Gasteiger partial charge in [-0.15, -0.1) is 0 Å². The molecule has 3 heteroatoms. The summed E-state index contributed by atoms with van der Waals surface area (Å²) in [5.41, 5.74) is 9.56. The molecule has 0 radical (unpaired) electrons. The van der Waals surface area contributed by atoms with Crippen molar-refractivity contribution in [2.24, 2.45) is 0 Å². The lowest BCUT2D eigenvalue weighted by molar-refractivity contribution is 0.487. The van der Waals surface area contributed by atoms with E-state index in [4.69, 9.17) is 14.7 Å². The Balaban J connectivity index is 1.16. The van der Waals surface area contributed by atoms with Gasteiger partial charge in [-0.05, 0) is 67.9 Å². The van der Waals surface area contributed by atoms with Gasteiger partial charge >= 0.3 is 0 Å². The zero-order valence-electron chi connectivity index (χ0n) is 26.5. The van der Waals surface area contributed by atoms with Crippen LogP contribution < -0.4 is 4.74 Å². The minimum atomic E-state index is 0.707. The van der Waals surface area contributed by atoms with E-state index in [1.165, 1.54) is 32.7 Å². The first kappa shape index (κ1) is 27.5. The maximum absolute atomic E-state index is 6.41. The summed E-state index contributed by atoms with van der Waals surface area (Å²) in [7, 11) is 0. The van der Waals surface area contributed by atoms with E-state index in [1.807, 2.05) is 18.2 Å². The van der Waals surface area contributed by atoms with Gasteiger partial charge in [0.15, 0.2) is 5.82 Å². The molecule has 8 aromatic carbocycles. The van der Waals surface area contributed by atoms with Crippen molar-refractivity contribution in [2.75, 3.05) is 0 Å². The van der Waals surface area contributed by atoms with Gasteiger partial charge in [-0.2, -0.15) is 0 Å². The molecule has 2 heterocycles. The molecule has 0 atom stereocenters. The fraction of sp³-hybridized carbons (Fsp3) is 0. The van der Waals surface area contributed by atoms with Gasteiger partial charge in [0.25, 0.3) is 0 Å². The standard InChI is InChI=1S/C46H28N2O/c1-2-12-31(13-3-1)46-47-41(37-20-8-14-29-11-4-5-17-33(29)37)28-42(48-46)38-25-24-34(35-18-6-7-19-36(35)38)32-23-26-43-40(27-32)39-21-9-15-30-16-10-22-44(49-43)45(30)39/h1-28H. The van der Waals surface area contributed by atoms with Crippen LogP contribution in [0.5, 0.6) is 11.5 Å². The summed E-state index contributed by atoms with van der Waals surface area (Å²) in [6.07, 6.45) is 0. The third kappa shape index (κ3) is 4.51. The Kier molecular flexibility index (Phi) is 6.18. The van der Waals surface area contributed by atoms with E-state index in [1.54, 1.807) is 0 Å². The molecular weight excluding hydrogens is 597 g/mol. The van der Waals surface area contributed by atoms with Crippen LogP contribution in [-0.2, 0) is 0 Å². The monoisotopic (exact) mass is 624 g/mol. The van der Waals surface area contributed by atoms with E-state index >= 15 is 0 Å². The zero-order chi connectivity index (χ0) is 32.3. The highest BCUT2D eigenvalue weighted by atomic mass is 16.5. The van der Waals surface area contributed by atoms with Gasteiger partial charge in [0.1, 0.15) is 11.5 Å². The van der Waals surface area contributed by atoms with Crippen molar-refractivity contribution in [3.8, 4) is 67.7 Å². The fourth-order valence-corrected chi connectivity index (χ4v) is 7.39. The Morgan fingerprint density at radius 2 is 0.959 bits per heavy atom. The maximum atomic E-state index is 6.41. The second-order valence-corrected chi connectivity index (χ2v) is 12.5. The summed E-state index contributed by atoms with van der Waals surface area (Å²) >= 11 is 0. The largest absolute Gasteiger partial charge is 0.456 e. The molecule has 9 aromatic rings. The Morgan fingerprint density at radius 1 is 0.347 bits per heavy atom. The maximum Gasteiger partial charge on any atom is 0.160 e. The van der Waals surface area contributed by atoms with Gasteiger partial charge in [-0.25, -0.2) is 9.97 Å². The van der Waals surface area contributed by atoms with Crippen LogP contribution in [0.2, 0.25) is 0 Å². The molecule has 0 aliphatic carbocycles. The number of hydrogen-bond donors (Lipinski definition) is 0. The minimum absolute atomic E-state index is 0.707. The van der Waals surface area contributed by atoms with Crippen LogP contribution in [0.3, 0.4) is 0 Å². The van der Waals surface area contributed by atoms with Crippen LogP contribution in [0.25, 0.3) is 88.5 Å². The molecule has 49 heavy (non-hydrogen) atoms. The molecular formula is C46H28N2O. The van der Waals surface area contributed by atoms with Crippen LogP contribution in [-0.4, -0.2) is 9.97 Å². The molecule has 0 unspecified atom stereocenters. The van der Waals surface area contributed by atoms with Crippen LogP contribution in [0, 0.1) is 0 Å². The van der Waals surface area contributed by atoms with Gasteiger partial charge in [0.2, 0.25) is 0 Å². The highest BCUT2D eigenvalue weighted by Gasteiger charge is 2.21. The Labute approximate surface area is 283 Å². The van der Waals surface area contributed by atoms with Crippen molar-refractivity contribution in [2.45, 2.75) is 0 Å². The van der Waals surface area contributed by atoms with E-state index in [2.05, 4.69) is 152 Å². The number of aromatic nitrogens is 2. The van der Waals surface area contributed by atoms with Crippen molar-refractivity contribution >= 4 is 32.3 Å². The average Bonchev–Trinajstić information content (AvgIpc) is 3.17. The lowest BCUT2D eigenvalue weighted by atomic mass is 9.89. The normalized spacial score (nSPS) is 11.8. The summed E-state index contributed by atoms with van der Waals surface area (Å²) in [6, 6.07) is 59.7. The molecule has 1 aliphatic rings. The van der Waals surface area contributed by atoms with Gasteiger partial charge in [0, 0.05) is 27.6 Å². The first-order valence-electron chi connectivity index (χ1n) is 16.6. The summed E-state index contributed by atoms with van der Waals surface area (Å²) in [5, 5.41) is 7.01. The minimum Gasteiger partial charge on any atom is -0.456 e. The van der Waals surface area contributed by atoms with Crippen molar-refractivity contribution in [1.82, 2.24) is 9.97 Å². The van der Waals surface area contributed by atoms with E-state index in [0.717, 1.165) is 61.5 Å². The SMILES string of the molecule is c1ccc(-c2nc(-c3cccc4ccccc34)cc(-c3ccc(-c4ccc5c(c4)-c4cccc6cccc(c46)O5)c4ccccc34)n2)cc1. The summed E-state index contributed by atoms with van der Waals surface area (Å²) in [4.78, 5) is 10.3. The first-order chi connectivity index (χ1) is 24.3. The predicted octanol–water partition coefficient (Wildman–Crippen LogP) is 12.4. The highest BCUT2D eigenvalue weighted by Crippen LogP contribution is 2.48. The molecule has 3 nitrogen and oxygen atoms in total. The van der Waals surface area contributed by atoms with Crippen molar-refractivity contribution in [1.29, 1.82) is 0 Å². The Morgan fingerprint density at radius 3 is 1.78 bits per heavy atom. The molecule has 0 fully saturated rings. The number of benzene rings is 8. The van der Waals surface area contributed by atoms with Crippen LogP contribution in [0.4, 0.5) is 0 Å². The Bertz CT molecular complexity index is 2740. The quantitative estimate of drug-likeness (QED) is 0.195. The third-order valence-corrected chi connectivity index (χ3v) is 9.69. The number of ether oxygens (including phenoxy) is 1. The number of nitrogens with zero attached hydrogens (tertiary/aromatic N) is 2. The molecule has 10 rings (SSSR count). The van der Waals surface area contributed by atoms with Crippen molar-refractivity contribution < 1.29 is 4.74 Å². The topological polar surface area (TPSA) is 35.0 Å². The smallest absolute Gasteiger partial charge is 0.160 e. The summed E-state index contributed by atoms with van der Waals surface area (Å²) in [6.45, 7) is 0.